The van der Waals surface area contributed by atoms with Gasteiger partial charge in [0.15, 0.2) is 0 Å². The molecule has 3 aliphatic carbocycles. The molecule has 4 aliphatic rings. The van der Waals surface area contributed by atoms with Crippen LogP contribution in [0.3, 0.4) is 0 Å². The first-order valence-corrected chi connectivity index (χ1v) is 13.6. The Morgan fingerprint density at radius 3 is 2.61 bits per heavy atom. The molecule has 0 radical (unpaired) electrons. The highest BCUT2D eigenvalue weighted by molar-refractivity contribution is 7.89. The number of rotatable bonds is 3. The number of carbonyl (C=O) groups is 1. The van der Waals surface area contributed by atoms with Gasteiger partial charge < -0.3 is 4.90 Å². The summed E-state index contributed by atoms with van der Waals surface area (Å²) in [5, 5.41) is 9.39. The molecule has 1 N–H and O–H groups in total. The van der Waals surface area contributed by atoms with Crippen LogP contribution >= 0.6 is 0 Å². The zero-order chi connectivity index (χ0) is 23.6. The van der Waals surface area contributed by atoms with Crippen molar-refractivity contribution in [1.82, 2.24) is 9.62 Å². The predicted octanol–water partition coefficient (Wildman–Crippen LogP) is 3.84. The summed E-state index contributed by atoms with van der Waals surface area (Å²) in [6, 6.07) is 8.56. The number of hydrogen-bond donors (Lipinski definition) is 1. The summed E-state index contributed by atoms with van der Waals surface area (Å²) >= 11 is 0. The first-order valence-electron chi connectivity index (χ1n) is 12.1. The van der Waals surface area contributed by atoms with Crippen LogP contribution in [0.4, 0.5) is 0 Å². The topological polar surface area (TPSA) is 90.3 Å². The minimum absolute atomic E-state index is 0.0176. The van der Waals surface area contributed by atoms with E-state index < -0.39 is 10.0 Å². The van der Waals surface area contributed by atoms with Gasteiger partial charge in [0.25, 0.3) is 0 Å². The lowest BCUT2D eigenvalue weighted by molar-refractivity contribution is -0.138. The Labute approximate surface area is 197 Å². The van der Waals surface area contributed by atoms with E-state index in [1.54, 1.807) is 24.3 Å². The van der Waals surface area contributed by atoms with Crippen molar-refractivity contribution in [3.63, 3.8) is 0 Å². The van der Waals surface area contributed by atoms with Crippen LogP contribution in [0.2, 0.25) is 0 Å². The summed E-state index contributed by atoms with van der Waals surface area (Å²) in [5.41, 5.74) is 0.0671. The second kappa shape index (κ2) is 7.68. The Bertz CT molecular complexity index is 1160. The highest BCUT2D eigenvalue weighted by Crippen LogP contribution is 2.64. The molecular formula is C26H33N3O3S. The summed E-state index contributed by atoms with van der Waals surface area (Å²) < 4.78 is 29.5. The number of benzene rings is 1. The van der Waals surface area contributed by atoms with E-state index >= 15 is 0 Å². The van der Waals surface area contributed by atoms with E-state index in [-0.39, 0.29) is 39.3 Å². The highest BCUT2D eigenvalue weighted by atomic mass is 32.2. The quantitative estimate of drug-likeness (QED) is 0.731. The van der Waals surface area contributed by atoms with Crippen LogP contribution in [-0.4, -0.2) is 38.4 Å². The third kappa shape index (κ3) is 3.29. The van der Waals surface area contributed by atoms with Gasteiger partial charge in [-0.15, -0.1) is 0 Å². The maximum Gasteiger partial charge on any atom is 0.246 e. The van der Waals surface area contributed by atoms with Gasteiger partial charge in [0.2, 0.25) is 15.9 Å². The minimum Gasteiger partial charge on any atom is -0.338 e. The maximum absolute atomic E-state index is 13.3. The molecule has 1 aliphatic heterocycles. The zero-order valence-electron chi connectivity index (χ0n) is 19.6. The smallest absolute Gasteiger partial charge is 0.246 e. The predicted molar refractivity (Wildman–Crippen MR) is 125 cm³/mol. The van der Waals surface area contributed by atoms with Gasteiger partial charge in [0.05, 0.1) is 10.5 Å². The number of carbonyl (C=O) groups excluding carboxylic acids is 1. The van der Waals surface area contributed by atoms with Crippen LogP contribution in [0.1, 0.15) is 57.9 Å². The number of amides is 1. The van der Waals surface area contributed by atoms with E-state index in [4.69, 9.17) is 0 Å². The average Bonchev–Trinajstić information content (AvgIpc) is 3.12. The fourth-order valence-electron chi connectivity index (χ4n) is 7.98. The molecule has 1 amide bonds. The van der Waals surface area contributed by atoms with Gasteiger partial charge in [0, 0.05) is 24.5 Å². The van der Waals surface area contributed by atoms with Crippen LogP contribution in [0.25, 0.3) is 0 Å². The van der Waals surface area contributed by atoms with Crippen molar-refractivity contribution >= 4 is 15.9 Å². The van der Waals surface area contributed by atoms with E-state index in [1.807, 2.05) is 18.0 Å². The van der Waals surface area contributed by atoms with Crippen LogP contribution in [-0.2, 0) is 14.8 Å². The van der Waals surface area contributed by atoms with Gasteiger partial charge in [0.1, 0.15) is 6.07 Å². The fourth-order valence-corrected chi connectivity index (χ4v) is 9.53. The lowest BCUT2D eigenvalue weighted by atomic mass is 9.48. The zero-order valence-corrected chi connectivity index (χ0v) is 20.4. The third-order valence-electron chi connectivity index (χ3n) is 9.72. The van der Waals surface area contributed by atoms with E-state index in [1.165, 1.54) is 6.07 Å². The fraction of sp³-hybridized carbons (Fsp3) is 0.615. The molecule has 1 aromatic carbocycles. The van der Waals surface area contributed by atoms with Crippen molar-refractivity contribution in [2.24, 2.45) is 28.6 Å². The lowest BCUT2D eigenvalue weighted by Crippen LogP contribution is -2.60. The molecule has 7 atom stereocenters. The number of nitriles is 1. The number of nitrogens with zero attached hydrogens (tertiary/aromatic N) is 2. The van der Waals surface area contributed by atoms with Gasteiger partial charge >= 0.3 is 0 Å². The average molecular weight is 468 g/mol. The summed E-state index contributed by atoms with van der Waals surface area (Å²) in [4.78, 5) is 14.3. The summed E-state index contributed by atoms with van der Waals surface area (Å²) in [5.74, 6) is 1.61. The Hall–Kier alpha value is -2.17. The van der Waals surface area contributed by atoms with Gasteiger partial charge in [-0.1, -0.05) is 32.1 Å². The molecule has 33 heavy (non-hydrogen) atoms. The highest BCUT2D eigenvalue weighted by Gasteiger charge is 2.60. The van der Waals surface area contributed by atoms with Crippen molar-refractivity contribution in [3.05, 3.63) is 42.0 Å². The number of hydrogen-bond acceptors (Lipinski definition) is 4. The largest absolute Gasteiger partial charge is 0.338 e. The number of sulfonamides is 1. The van der Waals surface area contributed by atoms with Crippen molar-refractivity contribution in [2.75, 3.05) is 7.05 Å². The molecule has 3 saturated carbocycles. The minimum atomic E-state index is -3.78. The monoisotopic (exact) mass is 467 g/mol. The maximum atomic E-state index is 13.3. The van der Waals surface area contributed by atoms with E-state index in [0.29, 0.717) is 17.8 Å². The van der Waals surface area contributed by atoms with Crippen molar-refractivity contribution in [1.29, 1.82) is 5.26 Å². The SMILES string of the molecule is CN1C(=O)C=C[C@@]2(C)C1CC[C@@H]1[C@H]2CC[C@]2(C)C(NS(=O)(=O)c3ccccc3C#N)CC[C@@H]12. The third-order valence-corrected chi connectivity index (χ3v) is 11.3. The molecule has 6 nitrogen and oxygen atoms in total. The van der Waals surface area contributed by atoms with Gasteiger partial charge in [-0.25, -0.2) is 13.1 Å². The van der Waals surface area contributed by atoms with E-state index in [2.05, 4.69) is 24.6 Å². The molecule has 0 bridgehead atoms. The number of nitrogens with one attached hydrogen (secondary N) is 1. The molecule has 1 heterocycles. The summed E-state index contributed by atoms with van der Waals surface area (Å²) in [7, 11) is -1.84. The summed E-state index contributed by atoms with van der Waals surface area (Å²) in [6.45, 7) is 4.59. The van der Waals surface area contributed by atoms with Gasteiger partial charge in [-0.05, 0) is 79.9 Å². The second-order valence-corrected chi connectivity index (χ2v) is 12.7. The van der Waals surface area contributed by atoms with Crippen LogP contribution < -0.4 is 4.72 Å². The standard InChI is InChI=1S/C26H33N3O3S/c1-25-14-12-20-18(8-11-23-26(20,2)15-13-24(30)29(23)3)19(25)9-10-22(25)28-33(31,32)21-7-5-4-6-17(21)16-27/h4-7,13,15,18-20,22-23,28H,8-12,14H2,1-3H3/t18-,19-,20+,22?,23?,25-,26+/m0/s1. The van der Waals surface area contributed by atoms with E-state index in [9.17, 15) is 18.5 Å². The molecule has 0 aromatic heterocycles. The van der Waals surface area contributed by atoms with Crippen molar-refractivity contribution in [2.45, 2.75) is 69.4 Å². The lowest BCUT2D eigenvalue weighted by Gasteiger charge is -2.60. The first kappa shape index (κ1) is 22.6. The van der Waals surface area contributed by atoms with Crippen molar-refractivity contribution in [3.8, 4) is 6.07 Å². The number of likely N-dealkylation sites (N-methyl/N-ethyl adjacent to an activating group) is 1. The Morgan fingerprint density at radius 2 is 1.85 bits per heavy atom. The van der Waals surface area contributed by atoms with Crippen LogP contribution in [0.15, 0.2) is 41.3 Å². The van der Waals surface area contributed by atoms with Crippen LogP contribution in [0.5, 0.6) is 0 Å². The first-order chi connectivity index (χ1) is 15.6. The van der Waals surface area contributed by atoms with Gasteiger partial charge in [-0.3, -0.25) is 4.79 Å². The van der Waals surface area contributed by atoms with E-state index in [0.717, 1.165) is 38.5 Å². The Balaban J connectivity index is 1.41. The Kier molecular flexibility index (Phi) is 5.26. The molecule has 0 spiro atoms. The molecule has 5 rings (SSSR count). The van der Waals surface area contributed by atoms with Crippen LogP contribution in [0, 0.1) is 39.9 Å². The number of fused-ring (bicyclic) bond motifs is 5. The van der Waals surface area contributed by atoms with Gasteiger partial charge in [-0.2, -0.15) is 5.26 Å². The molecule has 1 aromatic rings. The summed E-state index contributed by atoms with van der Waals surface area (Å²) in [6.07, 6.45) is 9.88. The Morgan fingerprint density at radius 1 is 1.09 bits per heavy atom. The molecule has 7 heteroatoms. The molecule has 176 valence electrons. The molecule has 3 fully saturated rings. The molecule has 2 unspecified atom stereocenters. The molecule has 0 saturated heterocycles. The normalized spacial score (nSPS) is 40.0. The van der Waals surface area contributed by atoms with Crippen molar-refractivity contribution < 1.29 is 13.2 Å². The second-order valence-electron chi connectivity index (χ2n) is 11.0. The molecular weight excluding hydrogens is 434 g/mol.